The summed E-state index contributed by atoms with van der Waals surface area (Å²) in [5.41, 5.74) is 0.669. The van der Waals surface area contributed by atoms with E-state index < -0.39 is 20.5 Å². The normalized spacial score (nSPS) is 11.7. The highest BCUT2D eigenvalue weighted by molar-refractivity contribution is 9.11. The molecule has 3 nitrogen and oxygen atoms in total. The molecule has 0 aromatic heterocycles. The molecule has 0 saturated carbocycles. The van der Waals surface area contributed by atoms with Crippen LogP contribution in [0.2, 0.25) is 0 Å². The van der Waals surface area contributed by atoms with Gasteiger partial charge in [0.15, 0.2) is 0 Å². The van der Waals surface area contributed by atoms with Crippen molar-refractivity contribution in [3.05, 3.63) is 57.0 Å². The molecular weight excluding hydrogens is 446 g/mol. The first-order valence-corrected chi connectivity index (χ1v) is 9.13. The first-order valence-electron chi connectivity index (χ1n) is 5.99. The van der Waals surface area contributed by atoms with Gasteiger partial charge in [0.1, 0.15) is 12.4 Å². The van der Waals surface area contributed by atoms with Crippen LogP contribution in [0.4, 0.5) is 8.78 Å². The number of sulfone groups is 1. The van der Waals surface area contributed by atoms with Gasteiger partial charge >= 0.3 is 5.76 Å². The minimum atomic E-state index is -4.56. The van der Waals surface area contributed by atoms with Crippen LogP contribution in [0.3, 0.4) is 0 Å². The Morgan fingerprint density at radius 1 is 1.05 bits per heavy atom. The summed E-state index contributed by atoms with van der Waals surface area (Å²) in [6, 6.07) is 10.6. The van der Waals surface area contributed by atoms with Crippen LogP contribution in [0.15, 0.2) is 56.3 Å². The predicted octanol–water partition coefficient (Wildman–Crippen LogP) is 4.79. The third kappa shape index (κ3) is 4.05. The Labute approximate surface area is 143 Å². The van der Waals surface area contributed by atoms with Crippen LogP contribution in [-0.2, 0) is 16.4 Å². The lowest BCUT2D eigenvalue weighted by Gasteiger charge is -2.09. The first-order chi connectivity index (χ1) is 10.3. The van der Waals surface area contributed by atoms with Gasteiger partial charge in [0.2, 0.25) is 9.84 Å². The quantitative estimate of drug-likeness (QED) is 0.651. The van der Waals surface area contributed by atoms with Crippen molar-refractivity contribution in [2.24, 2.45) is 0 Å². The van der Waals surface area contributed by atoms with Crippen molar-refractivity contribution in [1.82, 2.24) is 0 Å². The number of alkyl halides is 2. The molecule has 2 rings (SSSR count). The van der Waals surface area contributed by atoms with Crippen LogP contribution in [0.25, 0.3) is 0 Å². The second kappa shape index (κ2) is 7.06. The van der Waals surface area contributed by atoms with E-state index in [-0.39, 0.29) is 6.61 Å². The molecule has 0 atom stereocenters. The molecule has 2 aromatic carbocycles. The maximum absolute atomic E-state index is 12.4. The summed E-state index contributed by atoms with van der Waals surface area (Å²) in [6.45, 7) is 0.190. The topological polar surface area (TPSA) is 43.4 Å². The van der Waals surface area contributed by atoms with Gasteiger partial charge in [-0.2, -0.15) is 8.78 Å². The maximum atomic E-state index is 12.4. The van der Waals surface area contributed by atoms with E-state index in [1.807, 2.05) is 12.1 Å². The lowest BCUT2D eigenvalue weighted by atomic mass is 10.2. The zero-order valence-electron chi connectivity index (χ0n) is 11.0. The van der Waals surface area contributed by atoms with Crippen LogP contribution in [0, 0.1) is 0 Å². The van der Waals surface area contributed by atoms with Gasteiger partial charge in [-0.1, -0.05) is 28.1 Å². The van der Waals surface area contributed by atoms with Gasteiger partial charge in [-0.05, 0) is 51.8 Å². The molecule has 22 heavy (non-hydrogen) atoms. The molecule has 0 heterocycles. The van der Waals surface area contributed by atoms with Crippen molar-refractivity contribution in [2.75, 3.05) is 0 Å². The number of rotatable bonds is 5. The summed E-state index contributed by atoms with van der Waals surface area (Å²) in [6.07, 6.45) is 0. The van der Waals surface area contributed by atoms with Gasteiger partial charge in [-0.3, -0.25) is 0 Å². The summed E-state index contributed by atoms with van der Waals surface area (Å²) >= 11 is 6.68. The first kappa shape index (κ1) is 17.4. The molecule has 8 heteroatoms. The Balaban J connectivity index is 2.09. The molecule has 0 fully saturated rings. The fourth-order valence-corrected chi connectivity index (χ4v) is 3.51. The molecule has 0 aliphatic heterocycles. The van der Waals surface area contributed by atoms with Crippen molar-refractivity contribution < 1.29 is 21.9 Å². The second-order valence-electron chi connectivity index (χ2n) is 4.31. The van der Waals surface area contributed by atoms with E-state index in [2.05, 4.69) is 31.9 Å². The van der Waals surface area contributed by atoms with E-state index in [9.17, 15) is 17.2 Å². The largest absolute Gasteiger partial charge is 0.488 e. The Kier molecular flexibility index (Phi) is 5.57. The lowest BCUT2D eigenvalue weighted by molar-refractivity contribution is 0.234. The standard InChI is InChI=1S/C14H10Br2F2O3S/c15-10-3-6-13(12(16)7-10)21-8-9-1-4-11(5-2-9)22(19,20)14(17)18/h1-7,14H,8H2. The zero-order valence-corrected chi connectivity index (χ0v) is 15.0. The lowest BCUT2D eigenvalue weighted by Crippen LogP contribution is -2.11. The average Bonchev–Trinajstić information content (AvgIpc) is 2.46. The van der Waals surface area contributed by atoms with Crippen molar-refractivity contribution in [2.45, 2.75) is 17.3 Å². The van der Waals surface area contributed by atoms with Crippen molar-refractivity contribution in [3.63, 3.8) is 0 Å². The molecule has 0 aliphatic carbocycles. The van der Waals surface area contributed by atoms with Crippen LogP contribution < -0.4 is 4.74 Å². The van der Waals surface area contributed by atoms with Crippen LogP contribution in [-0.4, -0.2) is 14.2 Å². The predicted molar refractivity (Wildman–Crippen MR) is 85.8 cm³/mol. The van der Waals surface area contributed by atoms with Gasteiger partial charge in [-0.25, -0.2) is 8.42 Å². The fraction of sp³-hybridized carbons (Fsp3) is 0.143. The molecule has 0 N–H and O–H groups in total. The molecule has 0 bridgehead atoms. The summed E-state index contributed by atoms with van der Waals surface area (Å²) in [5, 5.41) is 0. The van der Waals surface area contributed by atoms with Gasteiger partial charge in [0.05, 0.1) is 9.37 Å². The van der Waals surface area contributed by atoms with E-state index in [0.717, 1.165) is 21.1 Å². The number of hydrogen-bond donors (Lipinski definition) is 0. The number of ether oxygens (including phenoxy) is 1. The van der Waals surface area contributed by atoms with Crippen molar-refractivity contribution in [1.29, 1.82) is 0 Å². The monoisotopic (exact) mass is 454 g/mol. The van der Waals surface area contributed by atoms with E-state index in [0.29, 0.717) is 11.3 Å². The van der Waals surface area contributed by atoms with E-state index in [1.54, 1.807) is 6.07 Å². The van der Waals surface area contributed by atoms with Crippen LogP contribution in [0.5, 0.6) is 5.75 Å². The van der Waals surface area contributed by atoms with Crippen LogP contribution in [0.1, 0.15) is 5.56 Å². The van der Waals surface area contributed by atoms with Gasteiger partial charge in [0, 0.05) is 4.47 Å². The number of halogens is 4. The molecule has 0 aliphatic rings. The van der Waals surface area contributed by atoms with E-state index in [1.165, 1.54) is 12.1 Å². The molecule has 2 aromatic rings. The Hall–Kier alpha value is -0.990. The molecule has 0 radical (unpaired) electrons. The second-order valence-corrected chi connectivity index (χ2v) is 8.00. The average molecular weight is 456 g/mol. The minimum Gasteiger partial charge on any atom is -0.488 e. The summed E-state index contributed by atoms with van der Waals surface area (Å²) in [5.74, 6) is -2.80. The minimum absolute atomic E-state index is 0.190. The maximum Gasteiger partial charge on any atom is 0.341 e. The SMILES string of the molecule is O=S(=O)(c1ccc(COc2ccc(Br)cc2Br)cc1)C(F)F. The van der Waals surface area contributed by atoms with Crippen molar-refractivity contribution in [3.8, 4) is 5.75 Å². The summed E-state index contributed by atoms with van der Waals surface area (Å²) in [7, 11) is -4.56. The Bertz CT molecular complexity index is 762. The molecule has 118 valence electrons. The van der Waals surface area contributed by atoms with Crippen LogP contribution >= 0.6 is 31.9 Å². The van der Waals surface area contributed by atoms with Gasteiger partial charge < -0.3 is 4.74 Å². The van der Waals surface area contributed by atoms with Gasteiger partial charge in [-0.15, -0.1) is 0 Å². The van der Waals surface area contributed by atoms with Crippen molar-refractivity contribution >= 4 is 41.7 Å². The molecular formula is C14H10Br2F2O3S. The smallest absolute Gasteiger partial charge is 0.341 e. The third-order valence-corrected chi connectivity index (χ3v) is 5.29. The van der Waals surface area contributed by atoms with E-state index >= 15 is 0 Å². The molecule has 0 spiro atoms. The number of benzene rings is 2. The highest BCUT2D eigenvalue weighted by Crippen LogP contribution is 2.29. The third-order valence-electron chi connectivity index (χ3n) is 2.77. The molecule has 0 unspecified atom stereocenters. The Morgan fingerprint density at radius 2 is 1.68 bits per heavy atom. The number of hydrogen-bond acceptors (Lipinski definition) is 3. The Morgan fingerprint density at radius 3 is 2.23 bits per heavy atom. The summed E-state index contributed by atoms with van der Waals surface area (Å²) in [4.78, 5) is -0.406. The highest BCUT2D eigenvalue weighted by Gasteiger charge is 2.26. The van der Waals surface area contributed by atoms with Gasteiger partial charge in [0.25, 0.3) is 0 Å². The summed E-state index contributed by atoms with van der Waals surface area (Å²) < 4.78 is 54.7. The molecule has 0 amide bonds. The highest BCUT2D eigenvalue weighted by atomic mass is 79.9. The fourth-order valence-electron chi connectivity index (χ4n) is 1.63. The van der Waals surface area contributed by atoms with E-state index in [4.69, 9.17) is 4.74 Å². The zero-order chi connectivity index (χ0) is 16.3. The molecule has 0 saturated heterocycles.